The van der Waals surface area contributed by atoms with Crippen LogP contribution >= 0.6 is 0 Å². The Kier molecular flexibility index (Phi) is 3.81. The molecule has 0 aliphatic carbocycles. The minimum absolute atomic E-state index is 0.123. The number of aryl methyl sites for hydroxylation is 1. The zero-order chi connectivity index (χ0) is 13.1. The molecule has 1 saturated heterocycles. The molecule has 18 heavy (non-hydrogen) atoms. The SMILES string of the molecule is COC[C@@H]1CCN(C(=O)c2cc(=O)cc(C)o2)C1. The molecule has 0 spiro atoms. The molecule has 2 heterocycles. The van der Waals surface area contributed by atoms with Crippen molar-refractivity contribution in [2.24, 2.45) is 5.92 Å². The topological polar surface area (TPSA) is 59.8 Å². The summed E-state index contributed by atoms with van der Waals surface area (Å²) in [4.78, 5) is 25.2. The Balaban J connectivity index is 2.10. The number of hydrogen-bond acceptors (Lipinski definition) is 4. The van der Waals surface area contributed by atoms with E-state index in [-0.39, 0.29) is 17.1 Å². The van der Waals surface area contributed by atoms with E-state index in [2.05, 4.69) is 0 Å². The summed E-state index contributed by atoms with van der Waals surface area (Å²) in [7, 11) is 1.66. The first-order valence-corrected chi connectivity index (χ1v) is 6.00. The quantitative estimate of drug-likeness (QED) is 0.806. The van der Waals surface area contributed by atoms with Crippen molar-refractivity contribution < 1.29 is 13.9 Å². The van der Waals surface area contributed by atoms with Crippen LogP contribution in [0.3, 0.4) is 0 Å². The van der Waals surface area contributed by atoms with Crippen molar-refractivity contribution in [1.29, 1.82) is 0 Å². The molecule has 1 amide bonds. The average molecular weight is 251 g/mol. The molecule has 5 heteroatoms. The number of likely N-dealkylation sites (tertiary alicyclic amines) is 1. The highest BCUT2D eigenvalue weighted by Gasteiger charge is 2.28. The van der Waals surface area contributed by atoms with Crippen LogP contribution in [-0.4, -0.2) is 37.6 Å². The van der Waals surface area contributed by atoms with Gasteiger partial charge in [-0.15, -0.1) is 0 Å². The van der Waals surface area contributed by atoms with E-state index in [0.29, 0.717) is 31.4 Å². The molecule has 0 aromatic carbocycles. The Bertz CT molecular complexity index is 494. The van der Waals surface area contributed by atoms with Crippen molar-refractivity contribution in [1.82, 2.24) is 4.90 Å². The first kappa shape index (κ1) is 12.8. The van der Waals surface area contributed by atoms with Gasteiger partial charge in [0.25, 0.3) is 5.91 Å². The first-order chi connectivity index (χ1) is 8.60. The summed E-state index contributed by atoms with van der Waals surface area (Å²) in [5.74, 6) is 0.737. The maximum Gasteiger partial charge on any atom is 0.289 e. The van der Waals surface area contributed by atoms with Gasteiger partial charge in [-0.25, -0.2) is 0 Å². The Morgan fingerprint density at radius 1 is 1.56 bits per heavy atom. The van der Waals surface area contributed by atoms with Crippen LogP contribution in [-0.2, 0) is 4.74 Å². The molecule has 0 N–H and O–H groups in total. The van der Waals surface area contributed by atoms with E-state index in [1.165, 1.54) is 12.1 Å². The predicted octanol–water partition coefficient (Wildman–Crippen LogP) is 1.06. The normalized spacial score (nSPS) is 19.2. The van der Waals surface area contributed by atoms with Gasteiger partial charge in [-0.3, -0.25) is 9.59 Å². The average Bonchev–Trinajstić information content (AvgIpc) is 2.76. The molecular formula is C13H17NO4. The lowest BCUT2D eigenvalue weighted by atomic mass is 10.1. The Labute approximate surface area is 105 Å². The number of methoxy groups -OCH3 is 1. The van der Waals surface area contributed by atoms with Gasteiger partial charge in [0, 0.05) is 38.2 Å². The minimum atomic E-state index is -0.214. The molecule has 0 radical (unpaired) electrons. The van der Waals surface area contributed by atoms with Gasteiger partial charge < -0.3 is 14.1 Å². The lowest BCUT2D eigenvalue weighted by Crippen LogP contribution is -2.30. The molecular weight excluding hydrogens is 234 g/mol. The lowest BCUT2D eigenvalue weighted by Gasteiger charge is -2.15. The number of amides is 1. The lowest BCUT2D eigenvalue weighted by molar-refractivity contribution is 0.0739. The molecule has 0 bridgehead atoms. The number of carbonyl (C=O) groups is 1. The van der Waals surface area contributed by atoms with Gasteiger partial charge in [-0.2, -0.15) is 0 Å². The number of nitrogens with zero attached hydrogens (tertiary/aromatic N) is 1. The van der Waals surface area contributed by atoms with E-state index in [0.717, 1.165) is 6.42 Å². The Hall–Kier alpha value is -1.62. The summed E-state index contributed by atoms with van der Waals surface area (Å²) in [5.41, 5.74) is -0.199. The summed E-state index contributed by atoms with van der Waals surface area (Å²) in [6.45, 7) is 3.66. The van der Waals surface area contributed by atoms with Crippen molar-refractivity contribution in [3.05, 3.63) is 33.9 Å². The minimum Gasteiger partial charge on any atom is -0.456 e. The van der Waals surface area contributed by atoms with Crippen molar-refractivity contribution in [2.45, 2.75) is 13.3 Å². The van der Waals surface area contributed by atoms with Crippen LogP contribution in [0, 0.1) is 12.8 Å². The monoisotopic (exact) mass is 251 g/mol. The first-order valence-electron chi connectivity index (χ1n) is 6.00. The van der Waals surface area contributed by atoms with Crippen molar-refractivity contribution in [3.8, 4) is 0 Å². The molecule has 1 aliphatic rings. The molecule has 1 aromatic heterocycles. The largest absolute Gasteiger partial charge is 0.456 e. The molecule has 98 valence electrons. The fraction of sp³-hybridized carbons (Fsp3) is 0.538. The van der Waals surface area contributed by atoms with Crippen LogP contribution in [0.5, 0.6) is 0 Å². The number of hydrogen-bond donors (Lipinski definition) is 0. The van der Waals surface area contributed by atoms with Crippen LogP contribution in [0.1, 0.15) is 22.7 Å². The number of rotatable bonds is 3. The molecule has 2 rings (SSSR count). The molecule has 1 aliphatic heterocycles. The van der Waals surface area contributed by atoms with Crippen LogP contribution in [0.2, 0.25) is 0 Å². The second-order valence-electron chi connectivity index (χ2n) is 4.63. The predicted molar refractivity (Wildman–Crippen MR) is 65.6 cm³/mol. The van der Waals surface area contributed by atoms with E-state index in [1.54, 1.807) is 18.9 Å². The van der Waals surface area contributed by atoms with E-state index in [9.17, 15) is 9.59 Å². The maximum atomic E-state index is 12.2. The van der Waals surface area contributed by atoms with Crippen molar-refractivity contribution in [2.75, 3.05) is 26.8 Å². The van der Waals surface area contributed by atoms with Gasteiger partial charge in [0.05, 0.1) is 6.61 Å². The van der Waals surface area contributed by atoms with Gasteiger partial charge in [-0.05, 0) is 13.3 Å². The number of carbonyl (C=O) groups excluding carboxylic acids is 1. The van der Waals surface area contributed by atoms with E-state index >= 15 is 0 Å². The second kappa shape index (κ2) is 5.35. The highest BCUT2D eigenvalue weighted by atomic mass is 16.5. The number of ether oxygens (including phenoxy) is 1. The van der Waals surface area contributed by atoms with Gasteiger partial charge in [0.15, 0.2) is 11.2 Å². The van der Waals surface area contributed by atoms with Crippen LogP contribution < -0.4 is 5.43 Å². The van der Waals surface area contributed by atoms with E-state index in [4.69, 9.17) is 9.15 Å². The van der Waals surface area contributed by atoms with Gasteiger partial charge >= 0.3 is 0 Å². The molecule has 1 aromatic rings. The zero-order valence-electron chi connectivity index (χ0n) is 10.6. The molecule has 1 fully saturated rings. The summed E-state index contributed by atoms with van der Waals surface area (Å²) >= 11 is 0. The third-order valence-corrected chi connectivity index (χ3v) is 3.08. The van der Waals surface area contributed by atoms with Gasteiger partial charge in [0.2, 0.25) is 0 Å². The molecule has 1 atom stereocenters. The second-order valence-corrected chi connectivity index (χ2v) is 4.63. The van der Waals surface area contributed by atoms with Crippen molar-refractivity contribution >= 4 is 5.91 Å². The summed E-state index contributed by atoms with van der Waals surface area (Å²) in [5, 5.41) is 0. The van der Waals surface area contributed by atoms with Crippen LogP contribution in [0.25, 0.3) is 0 Å². The summed E-state index contributed by atoms with van der Waals surface area (Å²) in [6, 6.07) is 2.62. The third-order valence-electron chi connectivity index (χ3n) is 3.08. The maximum absolute atomic E-state index is 12.2. The smallest absolute Gasteiger partial charge is 0.289 e. The highest BCUT2D eigenvalue weighted by Crippen LogP contribution is 2.18. The third kappa shape index (κ3) is 2.79. The van der Waals surface area contributed by atoms with Gasteiger partial charge in [0.1, 0.15) is 5.76 Å². The Morgan fingerprint density at radius 2 is 2.33 bits per heavy atom. The van der Waals surface area contributed by atoms with Crippen LogP contribution in [0.4, 0.5) is 0 Å². The molecule has 0 unspecified atom stereocenters. The Morgan fingerprint density at radius 3 is 3.00 bits per heavy atom. The molecule has 0 saturated carbocycles. The fourth-order valence-corrected chi connectivity index (χ4v) is 2.25. The summed E-state index contributed by atoms with van der Waals surface area (Å²) in [6.07, 6.45) is 0.926. The fourth-order valence-electron chi connectivity index (χ4n) is 2.25. The van der Waals surface area contributed by atoms with Gasteiger partial charge in [-0.1, -0.05) is 0 Å². The zero-order valence-corrected chi connectivity index (χ0v) is 10.6. The highest BCUT2D eigenvalue weighted by molar-refractivity contribution is 5.91. The molecule has 5 nitrogen and oxygen atoms in total. The standard InChI is InChI=1S/C13H17NO4/c1-9-5-11(15)6-12(18-9)13(16)14-4-3-10(7-14)8-17-2/h5-6,10H,3-4,7-8H2,1-2H3/t10-/m1/s1. The summed E-state index contributed by atoms with van der Waals surface area (Å²) < 4.78 is 10.4. The van der Waals surface area contributed by atoms with E-state index < -0.39 is 0 Å². The van der Waals surface area contributed by atoms with Crippen LogP contribution in [0.15, 0.2) is 21.3 Å². The van der Waals surface area contributed by atoms with E-state index in [1.807, 2.05) is 0 Å². The van der Waals surface area contributed by atoms with Crippen molar-refractivity contribution in [3.63, 3.8) is 0 Å².